The fourth-order valence-corrected chi connectivity index (χ4v) is 2.41. The van der Waals surface area contributed by atoms with Gasteiger partial charge in [-0.05, 0) is 44.0 Å². The Balaban J connectivity index is 1.80. The highest BCUT2D eigenvalue weighted by Crippen LogP contribution is 2.28. The zero-order valence-electron chi connectivity index (χ0n) is 13.8. The number of benzene rings is 1. The summed E-state index contributed by atoms with van der Waals surface area (Å²) in [4.78, 5) is 23.1. The Labute approximate surface area is 139 Å². The molecule has 1 aromatic carbocycles. The first-order valence-electron chi connectivity index (χ1n) is 7.69. The number of carbonyl (C=O) groups is 1. The average molecular weight is 322 g/mol. The quantitative estimate of drug-likeness (QED) is 0.633. The summed E-state index contributed by atoms with van der Waals surface area (Å²) in [5.41, 5.74) is 1.19. The van der Waals surface area contributed by atoms with Crippen LogP contribution in [-0.4, -0.2) is 11.4 Å². The summed E-state index contributed by atoms with van der Waals surface area (Å²) in [5.74, 6) is 0.568. The normalized spacial score (nSPS) is 17.4. The molecule has 2 heterocycles. The molecule has 0 saturated carbocycles. The molecule has 4 heteroatoms. The molecule has 1 aliphatic rings. The van der Waals surface area contributed by atoms with Crippen LogP contribution in [0.5, 0.6) is 0 Å². The minimum absolute atomic E-state index is 0.0289. The number of hydrogen-bond acceptors (Lipinski definition) is 4. The summed E-state index contributed by atoms with van der Waals surface area (Å²) < 4.78 is 10.8. The van der Waals surface area contributed by atoms with E-state index in [9.17, 15) is 9.59 Å². The van der Waals surface area contributed by atoms with E-state index in [1.54, 1.807) is 19.9 Å². The smallest absolute Gasteiger partial charge is 0.336 e. The van der Waals surface area contributed by atoms with Gasteiger partial charge in [0.2, 0.25) is 5.78 Å². The summed E-state index contributed by atoms with van der Waals surface area (Å²) in [6.45, 7) is 5.40. The molecule has 0 aliphatic carbocycles. The average Bonchev–Trinajstić information content (AvgIpc) is 2.80. The third-order valence-electron chi connectivity index (χ3n) is 3.89. The van der Waals surface area contributed by atoms with Crippen molar-refractivity contribution in [1.29, 1.82) is 0 Å². The second-order valence-electron chi connectivity index (χ2n) is 6.25. The van der Waals surface area contributed by atoms with Crippen LogP contribution in [-0.2, 0) is 9.53 Å². The largest absolute Gasteiger partial charge is 0.479 e. The van der Waals surface area contributed by atoms with Gasteiger partial charge in [0.25, 0.3) is 0 Å². The molecule has 0 unspecified atom stereocenters. The van der Waals surface area contributed by atoms with Gasteiger partial charge in [-0.2, -0.15) is 0 Å². The zero-order chi connectivity index (χ0) is 17.3. The van der Waals surface area contributed by atoms with Gasteiger partial charge in [-0.15, -0.1) is 0 Å². The lowest BCUT2D eigenvalue weighted by molar-refractivity contribution is -0.126. The molecule has 3 rings (SSSR count). The van der Waals surface area contributed by atoms with E-state index in [1.807, 2.05) is 43.4 Å². The Morgan fingerprint density at radius 2 is 1.88 bits per heavy atom. The van der Waals surface area contributed by atoms with Crippen molar-refractivity contribution in [1.82, 2.24) is 0 Å². The minimum atomic E-state index is -0.788. The van der Waals surface area contributed by atoms with Crippen molar-refractivity contribution in [2.24, 2.45) is 0 Å². The van der Waals surface area contributed by atoms with Crippen molar-refractivity contribution >= 4 is 22.8 Å². The van der Waals surface area contributed by atoms with Crippen LogP contribution in [0.3, 0.4) is 0 Å². The van der Waals surface area contributed by atoms with Gasteiger partial charge in [0.15, 0.2) is 5.60 Å². The van der Waals surface area contributed by atoms with Crippen molar-refractivity contribution in [3.8, 4) is 0 Å². The van der Waals surface area contributed by atoms with Gasteiger partial charge in [0, 0.05) is 17.5 Å². The van der Waals surface area contributed by atoms with Crippen molar-refractivity contribution in [3.05, 3.63) is 75.9 Å². The number of carbonyl (C=O) groups excluding carboxylic acids is 1. The maximum absolute atomic E-state index is 11.8. The van der Waals surface area contributed by atoms with E-state index in [0.717, 1.165) is 16.5 Å². The van der Waals surface area contributed by atoms with Crippen LogP contribution in [0.15, 0.2) is 69.1 Å². The molecule has 1 aromatic heterocycles. The molecular formula is C20H18O4. The van der Waals surface area contributed by atoms with E-state index < -0.39 is 5.60 Å². The van der Waals surface area contributed by atoms with Gasteiger partial charge < -0.3 is 9.15 Å². The first-order valence-corrected chi connectivity index (χ1v) is 7.69. The molecule has 0 N–H and O–H groups in total. The first-order chi connectivity index (χ1) is 11.3. The molecule has 0 spiro atoms. The van der Waals surface area contributed by atoms with Gasteiger partial charge in [0.1, 0.15) is 11.3 Å². The monoisotopic (exact) mass is 322 g/mol. The molecule has 0 atom stereocenters. The Hall–Kier alpha value is -2.88. The van der Waals surface area contributed by atoms with Crippen molar-refractivity contribution in [3.63, 3.8) is 0 Å². The fraction of sp³-hybridized carbons (Fsp3) is 0.200. The van der Waals surface area contributed by atoms with Crippen LogP contribution in [0.2, 0.25) is 0 Å². The van der Waals surface area contributed by atoms with Crippen molar-refractivity contribution in [2.45, 2.75) is 26.4 Å². The molecule has 0 fully saturated rings. The summed E-state index contributed by atoms with van der Waals surface area (Å²) in [7, 11) is 0. The molecule has 0 saturated heterocycles. The maximum atomic E-state index is 11.8. The highest BCUT2D eigenvalue weighted by Gasteiger charge is 2.35. The Bertz CT molecular complexity index is 955. The van der Waals surface area contributed by atoms with Crippen LogP contribution in [0.4, 0.5) is 0 Å². The van der Waals surface area contributed by atoms with Gasteiger partial charge in [0.05, 0.1) is 0 Å². The van der Waals surface area contributed by atoms with E-state index in [2.05, 4.69) is 0 Å². The molecule has 0 bridgehead atoms. The number of fused-ring (bicyclic) bond motifs is 1. The van der Waals surface area contributed by atoms with Crippen LogP contribution < -0.4 is 5.63 Å². The summed E-state index contributed by atoms with van der Waals surface area (Å²) in [6.07, 6.45) is 7.19. The fourth-order valence-electron chi connectivity index (χ4n) is 2.41. The van der Waals surface area contributed by atoms with Crippen molar-refractivity contribution in [2.75, 3.05) is 0 Å². The molecule has 2 aromatic rings. The van der Waals surface area contributed by atoms with Gasteiger partial charge >= 0.3 is 5.63 Å². The predicted octanol–water partition coefficient (Wildman–Crippen LogP) is 4.01. The first kappa shape index (κ1) is 16.0. The summed E-state index contributed by atoms with van der Waals surface area (Å²) in [5, 5.41) is 0.878. The SMILES string of the molecule is C/C(=C\C=C\c1ccc2ccc(=O)oc2c1)C1=CC(=O)C(C)(C)O1. The summed E-state index contributed by atoms with van der Waals surface area (Å²) >= 11 is 0. The molecule has 1 aliphatic heterocycles. The second-order valence-corrected chi connectivity index (χ2v) is 6.25. The maximum Gasteiger partial charge on any atom is 0.336 e. The summed E-state index contributed by atoms with van der Waals surface area (Å²) in [6, 6.07) is 8.80. The van der Waals surface area contributed by atoms with Gasteiger partial charge in [-0.25, -0.2) is 4.79 Å². The third-order valence-corrected chi connectivity index (χ3v) is 3.89. The molecule has 24 heavy (non-hydrogen) atoms. The lowest BCUT2D eigenvalue weighted by atomic mass is 10.1. The third kappa shape index (κ3) is 3.23. The number of ether oxygens (including phenoxy) is 1. The highest BCUT2D eigenvalue weighted by molar-refractivity contribution is 5.99. The molecular weight excluding hydrogens is 304 g/mol. The Morgan fingerprint density at radius 3 is 2.58 bits per heavy atom. The van der Waals surface area contributed by atoms with E-state index in [1.165, 1.54) is 12.1 Å². The van der Waals surface area contributed by atoms with E-state index in [-0.39, 0.29) is 11.4 Å². The standard InChI is InChI=1S/C20H18O4/c1-13(16-12-18(21)20(2,3)24-16)5-4-6-14-7-8-15-9-10-19(22)23-17(15)11-14/h4-12H,1-3H3/b6-4+,13-5+. The minimum Gasteiger partial charge on any atom is -0.479 e. The lowest BCUT2D eigenvalue weighted by Gasteiger charge is -2.18. The molecule has 122 valence electrons. The highest BCUT2D eigenvalue weighted by atomic mass is 16.5. The van der Waals surface area contributed by atoms with Crippen molar-refractivity contribution < 1.29 is 13.9 Å². The van der Waals surface area contributed by atoms with Crippen LogP contribution in [0, 0.1) is 0 Å². The van der Waals surface area contributed by atoms with E-state index in [4.69, 9.17) is 9.15 Å². The van der Waals surface area contributed by atoms with Crippen LogP contribution in [0.1, 0.15) is 26.3 Å². The molecule has 0 radical (unpaired) electrons. The van der Waals surface area contributed by atoms with Crippen LogP contribution in [0.25, 0.3) is 17.0 Å². The topological polar surface area (TPSA) is 56.5 Å². The van der Waals surface area contributed by atoms with E-state index >= 15 is 0 Å². The second kappa shape index (κ2) is 5.96. The number of rotatable bonds is 3. The molecule has 0 amide bonds. The van der Waals surface area contributed by atoms with Crippen LogP contribution >= 0.6 is 0 Å². The Morgan fingerprint density at radius 1 is 1.12 bits per heavy atom. The number of ketones is 1. The number of hydrogen-bond donors (Lipinski definition) is 0. The predicted molar refractivity (Wildman–Crippen MR) is 93.5 cm³/mol. The van der Waals surface area contributed by atoms with Gasteiger partial charge in [-0.3, -0.25) is 4.79 Å². The lowest BCUT2D eigenvalue weighted by Crippen LogP contribution is -2.27. The zero-order valence-corrected chi connectivity index (χ0v) is 13.8. The number of allylic oxidation sites excluding steroid dienone is 3. The Kier molecular flexibility index (Phi) is 3.97. The molecule has 4 nitrogen and oxygen atoms in total. The van der Waals surface area contributed by atoms with E-state index in [0.29, 0.717) is 11.3 Å². The van der Waals surface area contributed by atoms with Gasteiger partial charge in [-0.1, -0.05) is 30.4 Å².